The second kappa shape index (κ2) is 5.17. The zero-order valence-electron chi connectivity index (χ0n) is 10.5. The van der Waals surface area contributed by atoms with E-state index in [0.29, 0.717) is 5.56 Å². The fourth-order valence-corrected chi connectivity index (χ4v) is 4.84. The van der Waals surface area contributed by atoms with Crippen LogP contribution in [0.5, 0.6) is 0 Å². The number of hydrogen-bond acceptors (Lipinski definition) is 2. The molecule has 0 spiro atoms. The first-order chi connectivity index (χ1) is 8.47. The molecule has 0 radical (unpaired) electrons. The van der Waals surface area contributed by atoms with Gasteiger partial charge in [-0.2, -0.15) is 0 Å². The van der Waals surface area contributed by atoms with Gasteiger partial charge in [0.1, 0.15) is 0 Å². The van der Waals surface area contributed by atoms with Crippen molar-refractivity contribution in [1.82, 2.24) is 0 Å². The molecule has 92 valence electrons. The van der Waals surface area contributed by atoms with Gasteiger partial charge in [-0.3, -0.25) is 0 Å². The summed E-state index contributed by atoms with van der Waals surface area (Å²) in [6, 6.07) is 7.50. The van der Waals surface area contributed by atoms with Crippen LogP contribution in [0.25, 0.3) is 0 Å². The Hall–Kier alpha value is -1.24. The molecule has 0 atom stereocenters. The van der Waals surface area contributed by atoms with Crippen LogP contribution in [0.2, 0.25) is 19.6 Å². The van der Waals surface area contributed by atoms with Crippen LogP contribution in [0.15, 0.2) is 24.3 Å². The van der Waals surface area contributed by atoms with Crippen molar-refractivity contribution in [2.24, 2.45) is 0 Å². The molecule has 0 aliphatic carbocycles. The standard InChI is InChI=1S/C14H13IO2Si/c1-18(2,3)11-7-6-10-15-13-9-5-4-8-12(13)14(16)17-15/h4-5,8-9H,1-3H3. The molecule has 1 aliphatic heterocycles. The normalized spacial score (nSPS) is 14.8. The molecule has 2 nitrogen and oxygen atoms in total. The number of fused-ring (bicyclic) bond motifs is 1. The Balaban J connectivity index is 2.21. The van der Waals surface area contributed by atoms with E-state index < -0.39 is 28.3 Å². The molecule has 18 heavy (non-hydrogen) atoms. The van der Waals surface area contributed by atoms with Crippen molar-refractivity contribution < 1.29 is 7.86 Å². The van der Waals surface area contributed by atoms with Crippen LogP contribution in [0.4, 0.5) is 0 Å². The Morgan fingerprint density at radius 3 is 2.61 bits per heavy atom. The first-order valence-corrected chi connectivity index (χ1v) is 12.1. The molecule has 0 aromatic heterocycles. The Labute approximate surface area is 116 Å². The zero-order valence-corrected chi connectivity index (χ0v) is 13.7. The number of carbonyl (C=O) groups is 1. The molecule has 1 heterocycles. The van der Waals surface area contributed by atoms with Gasteiger partial charge in [0.05, 0.1) is 0 Å². The Morgan fingerprint density at radius 2 is 1.89 bits per heavy atom. The van der Waals surface area contributed by atoms with Crippen molar-refractivity contribution in [1.29, 1.82) is 0 Å². The minimum absolute atomic E-state index is 0.233. The molecule has 0 fully saturated rings. The average Bonchev–Trinajstić information content (AvgIpc) is 2.62. The van der Waals surface area contributed by atoms with Gasteiger partial charge in [-0.1, -0.05) is 0 Å². The first kappa shape index (κ1) is 13.2. The maximum absolute atomic E-state index is 11.6. The van der Waals surface area contributed by atoms with E-state index in [-0.39, 0.29) is 5.97 Å². The van der Waals surface area contributed by atoms with Gasteiger partial charge in [0, 0.05) is 0 Å². The molecule has 0 unspecified atom stereocenters. The summed E-state index contributed by atoms with van der Waals surface area (Å²) in [6.45, 7) is 6.52. The van der Waals surface area contributed by atoms with E-state index in [4.69, 9.17) is 3.07 Å². The SMILES string of the molecule is C[Si](C)(C)C#CC#CI1OC(=O)c2ccccc21. The molecular weight excluding hydrogens is 355 g/mol. The molecule has 1 aliphatic rings. The van der Waals surface area contributed by atoms with Gasteiger partial charge < -0.3 is 0 Å². The van der Waals surface area contributed by atoms with E-state index in [1.807, 2.05) is 18.2 Å². The van der Waals surface area contributed by atoms with Gasteiger partial charge in [0.2, 0.25) is 0 Å². The fraction of sp³-hybridized carbons (Fsp3) is 0.214. The first-order valence-electron chi connectivity index (χ1n) is 5.52. The summed E-state index contributed by atoms with van der Waals surface area (Å²) in [5.41, 5.74) is 3.86. The molecule has 0 saturated carbocycles. The fourth-order valence-electron chi connectivity index (χ4n) is 1.29. The van der Waals surface area contributed by atoms with E-state index in [0.717, 1.165) is 3.57 Å². The van der Waals surface area contributed by atoms with E-state index in [9.17, 15) is 4.79 Å². The third-order valence-electron chi connectivity index (χ3n) is 2.06. The molecule has 0 N–H and O–H groups in total. The number of benzene rings is 1. The van der Waals surface area contributed by atoms with Crippen molar-refractivity contribution in [2.75, 3.05) is 0 Å². The summed E-state index contributed by atoms with van der Waals surface area (Å²) >= 11 is -2.11. The Bertz CT molecular complexity index is 608. The van der Waals surface area contributed by atoms with Crippen LogP contribution in [0.3, 0.4) is 0 Å². The molecule has 0 amide bonds. The Kier molecular flexibility index (Phi) is 3.79. The monoisotopic (exact) mass is 368 g/mol. The molecule has 0 bridgehead atoms. The van der Waals surface area contributed by atoms with E-state index in [2.05, 4.69) is 41.0 Å². The van der Waals surface area contributed by atoms with Crippen molar-refractivity contribution in [3.8, 4) is 21.3 Å². The van der Waals surface area contributed by atoms with Crippen LogP contribution in [-0.2, 0) is 3.07 Å². The molecule has 4 heteroatoms. The van der Waals surface area contributed by atoms with Crippen LogP contribution >= 0.6 is 20.2 Å². The summed E-state index contributed by atoms with van der Waals surface area (Å²) in [4.78, 5) is 11.6. The second-order valence-electron chi connectivity index (χ2n) is 4.81. The maximum atomic E-state index is 11.6. The van der Waals surface area contributed by atoms with Gasteiger partial charge in [0.15, 0.2) is 0 Å². The van der Waals surface area contributed by atoms with Crippen LogP contribution in [0.1, 0.15) is 10.4 Å². The van der Waals surface area contributed by atoms with Crippen molar-refractivity contribution in [3.63, 3.8) is 0 Å². The molecule has 0 saturated heterocycles. The second-order valence-corrected chi connectivity index (χ2v) is 13.1. The van der Waals surface area contributed by atoms with Gasteiger partial charge in [-0.15, -0.1) is 0 Å². The number of rotatable bonds is 0. The number of halogens is 1. The molecule has 2 rings (SSSR count). The summed E-state index contributed by atoms with van der Waals surface area (Å²) in [6.07, 6.45) is 0. The summed E-state index contributed by atoms with van der Waals surface area (Å²) in [5.74, 6) is 5.52. The van der Waals surface area contributed by atoms with Crippen molar-refractivity contribution >= 4 is 34.3 Å². The van der Waals surface area contributed by atoms with E-state index in [1.54, 1.807) is 6.07 Å². The Morgan fingerprint density at radius 1 is 1.17 bits per heavy atom. The van der Waals surface area contributed by atoms with Crippen molar-refractivity contribution in [2.45, 2.75) is 19.6 Å². The quantitative estimate of drug-likeness (QED) is 0.399. The summed E-state index contributed by atoms with van der Waals surface area (Å²) < 4.78 is 9.40. The van der Waals surface area contributed by atoms with Crippen LogP contribution in [0, 0.1) is 24.9 Å². The van der Waals surface area contributed by atoms with Gasteiger partial charge in [-0.25, -0.2) is 0 Å². The number of carbonyl (C=O) groups excluding carboxylic acids is 1. The van der Waals surface area contributed by atoms with E-state index >= 15 is 0 Å². The molecule has 1 aromatic rings. The third-order valence-corrected chi connectivity index (χ3v) is 6.53. The third kappa shape index (κ3) is 3.15. The van der Waals surface area contributed by atoms with Gasteiger partial charge >= 0.3 is 116 Å². The summed E-state index contributed by atoms with van der Waals surface area (Å²) in [7, 11) is -1.37. The predicted molar refractivity (Wildman–Crippen MR) is 83.5 cm³/mol. The predicted octanol–water partition coefficient (Wildman–Crippen LogP) is 3.29. The van der Waals surface area contributed by atoms with Crippen LogP contribution < -0.4 is 0 Å². The van der Waals surface area contributed by atoms with E-state index in [1.165, 1.54) is 0 Å². The average molecular weight is 368 g/mol. The summed E-state index contributed by atoms with van der Waals surface area (Å²) in [5, 5.41) is 0. The minimum atomic E-state index is -2.11. The molecular formula is C14H13IO2Si. The van der Waals surface area contributed by atoms with Crippen LogP contribution in [-0.4, -0.2) is 14.0 Å². The van der Waals surface area contributed by atoms with Gasteiger partial charge in [-0.05, 0) is 0 Å². The topological polar surface area (TPSA) is 26.3 Å². The van der Waals surface area contributed by atoms with Gasteiger partial charge in [0.25, 0.3) is 0 Å². The van der Waals surface area contributed by atoms with Crippen molar-refractivity contribution in [3.05, 3.63) is 33.4 Å². The zero-order chi connectivity index (χ0) is 13.2. The molecule has 1 aromatic carbocycles. The number of hydrogen-bond donors (Lipinski definition) is 0.